The van der Waals surface area contributed by atoms with Crippen molar-refractivity contribution in [2.75, 3.05) is 6.54 Å². The van der Waals surface area contributed by atoms with Crippen molar-refractivity contribution >= 4 is 17.9 Å². The number of amides is 3. The molecule has 2 N–H and O–H groups in total. The van der Waals surface area contributed by atoms with Gasteiger partial charge in [-0.1, -0.05) is 117 Å². The van der Waals surface area contributed by atoms with Crippen LogP contribution in [0, 0.1) is 0 Å². The zero-order valence-electron chi connectivity index (χ0n) is 25.3. The SMILES string of the molecule is CCCCCCN(C(=O)C(Cc1ccccc1)NC(=O)OC(C)(C)C)C(C(=O)NCc1ccccc1)c1ccccc1. The topological polar surface area (TPSA) is 87.7 Å². The zero-order valence-corrected chi connectivity index (χ0v) is 25.3. The number of hydrogen-bond donors (Lipinski definition) is 2. The van der Waals surface area contributed by atoms with E-state index in [1.165, 1.54) is 0 Å². The van der Waals surface area contributed by atoms with Gasteiger partial charge in [-0.05, 0) is 43.9 Å². The summed E-state index contributed by atoms with van der Waals surface area (Å²) in [5.41, 5.74) is 1.84. The molecule has 0 radical (unpaired) electrons. The number of nitrogens with zero attached hydrogens (tertiary/aromatic N) is 1. The van der Waals surface area contributed by atoms with Gasteiger partial charge in [-0.2, -0.15) is 0 Å². The molecule has 0 saturated carbocycles. The van der Waals surface area contributed by atoms with Crippen molar-refractivity contribution in [1.82, 2.24) is 15.5 Å². The molecule has 0 aliphatic rings. The molecule has 0 fully saturated rings. The molecule has 42 heavy (non-hydrogen) atoms. The summed E-state index contributed by atoms with van der Waals surface area (Å²) in [7, 11) is 0. The summed E-state index contributed by atoms with van der Waals surface area (Å²) in [6.45, 7) is 8.19. The van der Waals surface area contributed by atoms with E-state index in [9.17, 15) is 14.4 Å². The van der Waals surface area contributed by atoms with Gasteiger partial charge in [0.25, 0.3) is 0 Å². The van der Waals surface area contributed by atoms with E-state index in [-0.39, 0.29) is 18.2 Å². The van der Waals surface area contributed by atoms with Crippen molar-refractivity contribution in [3.8, 4) is 0 Å². The molecule has 2 atom stereocenters. The van der Waals surface area contributed by atoms with E-state index in [4.69, 9.17) is 4.74 Å². The molecule has 224 valence electrons. The Bertz CT molecular complexity index is 1240. The van der Waals surface area contributed by atoms with E-state index in [0.29, 0.717) is 18.7 Å². The second-order valence-electron chi connectivity index (χ2n) is 11.5. The Kier molecular flexibility index (Phi) is 12.6. The third-order valence-corrected chi connectivity index (χ3v) is 6.79. The number of ether oxygens (including phenoxy) is 1. The van der Waals surface area contributed by atoms with Crippen LogP contribution in [0.2, 0.25) is 0 Å². The van der Waals surface area contributed by atoms with E-state index in [2.05, 4.69) is 17.6 Å². The summed E-state index contributed by atoms with van der Waals surface area (Å²) in [5.74, 6) is -0.602. The summed E-state index contributed by atoms with van der Waals surface area (Å²) in [6.07, 6.45) is 3.33. The molecule has 7 heteroatoms. The van der Waals surface area contributed by atoms with Crippen LogP contribution in [-0.2, 0) is 27.3 Å². The highest BCUT2D eigenvalue weighted by Crippen LogP contribution is 2.24. The van der Waals surface area contributed by atoms with E-state index in [1.54, 1.807) is 25.7 Å². The van der Waals surface area contributed by atoms with Crippen LogP contribution in [0.5, 0.6) is 0 Å². The first-order valence-electron chi connectivity index (χ1n) is 14.9. The van der Waals surface area contributed by atoms with Crippen LogP contribution in [-0.4, -0.2) is 41.0 Å². The zero-order chi connectivity index (χ0) is 30.4. The van der Waals surface area contributed by atoms with Gasteiger partial charge in [0.15, 0.2) is 0 Å². The average Bonchev–Trinajstić information content (AvgIpc) is 2.97. The fourth-order valence-corrected chi connectivity index (χ4v) is 4.77. The third-order valence-electron chi connectivity index (χ3n) is 6.79. The lowest BCUT2D eigenvalue weighted by Crippen LogP contribution is -2.54. The summed E-state index contributed by atoms with van der Waals surface area (Å²) >= 11 is 0. The molecule has 2 unspecified atom stereocenters. The second kappa shape index (κ2) is 16.3. The number of nitrogens with one attached hydrogen (secondary N) is 2. The predicted octanol–water partition coefficient (Wildman–Crippen LogP) is 6.59. The molecule has 0 heterocycles. The van der Waals surface area contributed by atoms with Crippen molar-refractivity contribution in [3.63, 3.8) is 0 Å². The third kappa shape index (κ3) is 10.7. The Morgan fingerprint density at radius 1 is 0.786 bits per heavy atom. The number of alkyl carbamates (subject to hydrolysis) is 1. The smallest absolute Gasteiger partial charge is 0.408 e. The maximum Gasteiger partial charge on any atom is 0.408 e. The molecule has 0 bridgehead atoms. The number of carbonyl (C=O) groups is 3. The summed E-state index contributed by atoms with van der Waals surface area (Å²) in [6, 6.07) is 26.8. The maximum atomic E-state index is 14.5. The minimum atomic E-state index is -0.929. The quantitative estimate of drug-likeness (QED) is 0.214. The normalized spacial score (nSPS) is 12.6. The lowest BCUT2D eigenvalue weighted by atomic mass is 9.99. The molecule has 3 rings (SSSR count). The number of hydrogen-bond acceptors (Lipinski definition) is 4. The number of rotatable bonds is 14. The van der Waals surface area contributed by atoms with Gasteiger partial charge in [0, 0.05) is 19.5 Å². The Hall–Kier alpha value is -4.13. The predicted molar refractivity (Wildman–Crippen MR) is 167 cm³/mol. The molecule has 0 aliphatic carbocycles. The summed E-state index contributed by atoms with van der Waals surface area (Å²) < 4.78 is 5.53. The number of carbonyl (C=O) groups excluding carboxylic acids is 3. The Morgan fingerprint density at radius 2 is 1.36 bits per heavy atom. The molecule has 0 saturated heterocycles. The highest BCUT2D eigenvalue weighted by atomic mass is 16.6. The summed E-state index contributed by atoms with van der Waals surface area (Å²) in [4.78, 5) is 43.0. The largest absolute Gasteiger partial charge is 0.444 e. The van der Waals surface area contributed by atoms with Gasteiger partial charge in [-0.25, -0.2) is 4.79 Å². The first-order valence-corrected chi connectivity index (χ1v) is 14.9. The van der Waals surface area contributed by atoms with Crippen LogP contribution in [0.15, 0.2) is 91.0 Å². The van der Waals surface area contributed by atoms with Gasteiger partial charge < -0.3 is 20.3 Å². The van der Waals surface area contributed by atoms with Crippen molar-refractivity contribution in [3.05, 3.63) is 108 Å². The lowest BCUT2D eigenvalue weighted by molar-refractivity contribution is -0.142. The number of unbranched alkanes of at least 4 members (excludes halogenated alkanes) is 3. The van der Waals surface area contributed by atoms with Crippen molar-refractivity contribution < 1.29 is 19.1 Å². The van der Waals surface area contributed by atoms with E-state index < -0.39 is 23.8 Å². The molecule has 3 amide bonds. The Morgan fingerprint density at radius 3 is 1.93 bits per heavy atom. The van der Waals surface area contributed by atoms with Crippen molar-refractivity contribution in [1.29, 1.82) is 0 Å². The minimum absolute atomic E-state index is 0.261. The van der Waals surface area contributed by atoms with Crippen LogP contribution in [0.3, 0.4) is 0 Å². The van der Waals surface area contributed by atoms with Crippen LogP contribution < -0.4 is 10.6 Å². The lowest BCUT2D eigenvalue weighted by Gasteiger charge is -2.34. The standard InChI is InChI=1S/C35H45N3O4/c1-5-6-7-17-24-38(31(29-22-15-10-16-23-29)32(39)36-26-28-20-13-9-14-21-28)33(40)30(25-27-18-11-8-12-19-27)37-34(41)42-35(2,3)4/h8-16,18-23,30-31H,5-7,17,24-26H2,1-4H3,(H,36,39)(H,37,41). The van der Waals surface area contributed by atoms with E-state index in [1.807, 2.05) is 91.0 Å². The molecule has 3 aromatic rings. The Balaban J connectivity index is 1.98. The van der Waals surface area contributed by atoms with Crippen molar-refractivity contribution in [2.45, 2.75) is 84.0 Å². The second-order valence-corrected chi connectivity index (χ2v) is 11.5. The van der Waals surface area contributed by atoms with Crippen LogP contribution >= 0.6 is 0 Å². The van der Waals surface area contributed by atoms with E-state index >= 15 is 0 Å². The maximum absolute atomic E-state index is 14.5. The van der Waals surface area contributed by atoms with Gasteiger partial charge in [0.2, 0.25) is 11.8 Å². The molecule has 0 spiro atoms. The molecular weight excluding hydrogens is 526 g/mol. The van der Waals surface area contributed by atoms with Gasteiger partial charge in [-0.15, -0.1) is 0 Å². The van der Waals surface area contributed by atoms with Crippen molar-refractivity contribution in [2.24, 2.45) is 0 Å². The first kappa shape index (κ1) is 32.4. The fraction of sp³-hybridized carbons (Fsp3) is 0.400. The minimum Gasteiger partial charge on any atom is -0.444 e. The first-order chi connectivity index (χ1) is 20.2. The highest BCUT2D eigenvalue weighted by Gasteiger charge is 2.36. The molecule has 7 nitrogen and oxygen atoms in total. The average molecular weight is 572 g/mol. The van der Waals surface area contributed by atoms with Gasteiger partial charge in [-0.3, -0.25) is 9.59 Å². The van der Waals surface area contributed by atoms with Crippen LogP contribution in [0.1, 0.15) is 76.1 Å². The van der Waals surface area contributed by atoms with Gasteiger partial charge in [0.1, 0.15) is 17.7 Å². The van der Waals surface area contributed by atoms with E-state index in [0.717, 1.165) is 36.8 Å². The Labute approximate surface area is 250 Å². The van der Waals surface area contributed by atoms with Crippen LogP contribution in [0.25, 0.3) is 0 Å². The molecule has 0 aliphatic heterocycles. The molecular formula is C35H45N3O4. The molecule has 3 aromatic carbocycles. The highest BCUT2D eigenvalue weighted by molar-refractivity contribution is 5.92. The van der Waals surface area contributed by atoms with Crippen LogP contribution in [0.4, 0.5) is 4.79 Å². The van der Waals surface area contributed by atoms with Gasteiger partial charge in [0.05, 0.1) is 0 Å². The monoisotopic (exact) mass is 571 g/mol. The molecule has 0 aromatic heterocycles. The number of benzene rings is 3. The van der Waals surface area contributed by atoms with Gasteiger partial charge >= 0.3 is 6.09 Å². The summed E-state index contributed by atoms with van der Waals surface area (Å²) in [5, 5.41) is 5.87. The fourth-order valence-electron chi connectivity index (χ4n) is 4.77.